The fraction of sp³-hybridized carbons (Fsp3) is 0.857. The molecule has 7 heteroatoms. The van der Waals surface area contributed by atoms with Gasteiger partial charge in [0.2, 0.25) is 0 Å². The number of aliphatic hydroxyl groups excluding tert-OH is 1. The number of nitrogens with zero attached hydrogens (tertiary/aromatic N) is 1. The smallest absolute Gasteiger partial charge is 0.328 e. The van der Waals surface area contributed by atoms with Crippen molar-refractivity contribution in [1.82, 2.24) is 15.5 Å². The number of amides is 2. The monoisotopic (exact) mass is 303 g/mol. The fourth-order valence-electron chi connectivity index (χ4n) is 2.03. The van der Waals surface area contributed by atoms with Crippen LogP contribution in [0.5, 0.6) is 0 Å². The van der Waals surface area contributed by atoms with Crippen LogP contribution >= 0.6 is 0 Å². The van der Waals surface area contributed by atoms with E-state index in [0.717, 1.165) is 32.5 Å². The van der Waals surface area contributed by atoms with Gasteiger partial charge in [0.25, 0.3) is 0 Å². The lowest BCUT2D eigenvalue weighted by molar-refractivity contribution is -0.141. The molecular weight excluding hydrogens is 274 g/mol. The van der Waals surface area contributed by atoms with Gasteiger partial charge in [-0.05, 0) is 46.3 Å². The van der Waals surface area contributed by atoms with E-state index in [9.17, 15) is 14.7 Å². The molecule has 0 aromatic heterocycles. The van der Waals surface area contributed by atoms with E-state index in [4.69, 9.17) is 5.11 Å². The molecule has 124 valence electrons. The van der Waals surface area contributed by atoms with Crippen LogP contribution in [-0.2, 0) is 4.79 Å². The SMILES string of the molecule is CCN(CC)CCCC(C)NC(=O)N[C@H](C(=O)O)[C@@H](C)O. The largest absolute Gasteiger partial charge is 0.480 e. The van der Waals surface area contributed by atoms with Crippen molar-refractivity contribution in [3.63, 3.8) is 0 Å². The van der Waals surface area contributed by atoms with Crippen LogP contribution in [0, 0.1) is 0 Å². The summed E-state index contributed by atoms with van der Waals surface area (Å²) in [6.45, 7) is 10.4. The van der Waals surface area contributed by atoms with Crippen LogP contribution in [0.25, 0.3) is 0 Å². The van der Waals surface area contributed by atoms with Gasteiger partial charge in [0.1, 0.15) is 0 Å². The first-order valence-electron chi connectivity index (χ1n) is 7.52. The van der Waals surface area contributed by atoms with E-state index in [1.807, 2.05) is 6.92 Å². The zero-order valence-corrected chi connectivity index (χ0v) is 13.4. The van der Waals surface area contributed by atoms with Gasteiger partial charge in [-0.1, -0.05) is 13.8 Å². The average molecular weight is 303 g/mol. The Morgan fingerprint density at radius 1 is 1.14 bits per heavy atom. The maximum atomic E-state index is 11.7. The summed E-state index contributed by atoms with van der Waals surface area (Å²) in [6, 6.07) is -1.92. The van der Waals surface area contributed by atoms with Crippen LogP contribution in [0.3, 0.4) is 0 Å². The summed E-state index contributed by atoms with van der Waals surface area (Å²) in [7, 11) is 0. The number of aliphatic carboxylic acids is 1. The second-order valence-electron chi connectivity index (χ2n) is 5.24. The highest BCUT2D eigenvalue weighted by Gasteiger charge is 2.25. The van der Waals surface area contributed by atoms with E-state index in [1.54, 1.807) is 0 Å². The Morgan fingerprint density at radius 3 is 2.14 bits per heavy atom. The molecule has 0 heterocycles. The minimum Gasteiger partial charge on any atom is -0.480 e. The Labute approximate surface area is 126 Å². The summed E-state index contributed by atoms with van der Waals surface area (Å²) in [5, 5.41) is 23.1. The Morgan fingerprint density at radius 2 is 1.71 bits per heavy atom. The molecule has 21 heavy (non-hydrogen) atoms. The van der Waals surface area contributed by atoms with Gasteiger partial charge in [-0.25, -0.2) is 9.59 Å². The van der Waals surface area contributed by atoms with Crippen LogP contribution in [0.1, 0.15) is 40.5 Å². The number of aliphatic hydroxyl groups is 1. The molecule has 0 rings (SSSR count). The van der Waals surface area contributed by atoms with Gasteiger partial charge in [0, 0.05) is 6.04 Å². The second-order valence-corrected chi connectivity index (χ2v) is 5.24. The molecule has 0 aliphatic heterocycles. The third-order valence-corrected chi connectivity index (χ3v) is 3.42. The van der Waals surface area contributed by atoms with E-state index in [2.05, 4.69) is 29.4 Å². The van der Waals surface area contributed by atoms with Gasteiger partial charge < -0.3 is 25.7 Å². The molecule has 0 fully saturated rings. The maximum absolute atomic E-state index is 11.7. The third-order valence-electron chi connectivity index (χ3n) is 3.42. The maximum Gasteiger partial charge on any atom is 0.328 e. The van der Waals surface area contributed by atoms with Crippen molar-refractivity contribution in [2.75, 3.05) is 19.6 Å². The first-order valence-corrected chi connectivity index (χ1v) is 7.52. The molecule has 0 aromatic rings. The van der Waals surface area contributed by atoms with Crippen LogP contribution in [0.4, 0.5) is 4.79 Å². The highest BCUT2D eigenvalue weighted by Crippen LogP contribution is 2.00. The van der Waals surface area contributed by atoms with E-state index in [-0.39, 0.29) is 6.04 Å². The molecule has 0 aliphatic carbocycles. The molecular formula is C14H29N3O4. The zero-order valence-electron chi connectivity index (χ0n) is 13.4. The molecule has 0 saturated heterocycles. The Kier molecular flexibility index (Phi) is 9.73. The predicted octanol–water partition coefficient (Wildman–Crippen LogP) is 0.630. The molecule has 3 atom stereocenters. The molecule has 0 spiro atoms. The molecule has 0 aromatic carbocycles. The van der Waals surface area contributed by atoms with Crippen LogP contribution < -0.4 is 10.6 Å². The average Bonchev–Trinajstić information content (AvgIpc) is 2.40. The van der Waals surface area contributed by atoms with Gasteiger partial charge in [-0.15, -0.1) is 0 Å². The summed E-state index contributed by atoms with van der Waals surface area (Å²) in [4.78, 5) is 24.8. The summed E-state index contributed by atoms with van der Waals surface area (Å²) in [5.74, 6) is -1.26. The lowest BCUT2D eigenvalue weighted by Crippen LogP contribution is -2.52. The van der Waals surface area contributed by atoms with Gasteiger partial charge in [0.15, 0.2) is 6.04 Å². The number of urea groups is 1. The van der Waals surface area contributed by atoms with E-state index < -0.39 is 24.1 Å². The number of carbonyl (C=O) groups is 2. The lowest BCUT2D eigenvalue weighted by Gasteiger charge is -2.21. The first-order chi connectivity index (χ1) is 9.81. The van der Waals surface area contributed by atoms with E-state index >= 15 is 0 Å². The Hall–Kier alpha value is -1.34. The minimum atomic E-state index is -1.30. The van der Waals surface area contributed by atoms with Gasteiger partial charge >= 0.3 is 12.0 Å². The number of nitrogens with one attached hydrogen (secondary N) is 2. The van der Waals surface area contributed by atoms with Crippen molar-refractivity contribution in [1.29, 1.82) is 0 Å². The van der Waals surface area contributed by atoms with Crippen LogP contribution in [0.15, 0.2) is 0 Å². The van der Waals surface area contributed by atoms with Gasteiger partial charge in [-0.3, -0.25) is 0 Å². The summed E-state index contributed by atoms with van der Waals surface area (Å²) in [5.41, 5.74) is 0. The second kappa shape index (κ2) is 10.4. The van der Waals surface area contributed by atoms with Crippen LogP contribution in [-0.4, -0.2) is 64.9 Å². The quantitative estimate of drug-likeness (QED) is 0.474. The first kappa shape index (κ1) is 19.7. The molecule has 0 aliphatic rings. The summed E-state index contributed by atoms with van der Waals surface area (Å²) < 4.78 is 0. The standard InChI is InChI=1S/C14H29N3O4/c1-5-17(6-2)9-7-8-10(3)15-14(21)16-12(11(4)18)13(19)20/h10-12,18H,5-9H2,1-4H3,(H,19,20)(H2,15,16,21)/t10?,11-,12+/m1/s1. The molecule has 2 amide bonds. The normalized spacial score (nSPS) is 15.3. The molecule has 0 saturated carbocycles. The Balaban J connectivity index is 4.06. The molecule has 1 unspecified atom stereocenters. The zero-order chi connectivity index (χ0) is 16.4. The molecule has 0 bridgehead atoms. The van der Waals surface area contributed by atoms with E-state index in [1.165, 1.54) is 6.92 Å². The van der Waals surface area contributed by atoms with E-state index in [0.29, 0.717) is 0 Å². The number of carboxylic acids is 1. The molecule has 0 radical (unpaired) electrons. The predicted molar refractivity (Wildman–Crippen MR) is 81.3 cm³/mol. The topological polar surface area (TPSA) is 102 Å². The summed E-state index contributed by atoms with van der Waals surface area (Å²) >= 11 is 0. The minimum absolute atomic E-state index is 0.0518. The number of carboxylic acid groups (broad SMARTS) is 1. The van der Waals surface area contributed by atoms with Crippen molar-refractivity contribution < 1.29 is 19.8 Å². The lowest BCUT2D eigenvalue weighted by atomic mass is 10.1. The number of hydrogen-bond donors (Lipinski definition) is 4. The van der Waals surface area contributed by atoms with Crippen molar-refractivity contribution in [3.8, 4) is 0 Å². The number of rotatable bonds is 10. The number of carbonyl (C=O) groups excluding carboxylic acids is 1. The van der Waals surface area contributed by atoms with Gasteiger partial charge in [0.05, 0.1) is 6.10 Å². The molecule has 4 N–H and O–H groups in total. The highest BCUT2D eigenvalue weighted by molar-refractivity contribution is 5.83. The number of hydrogen-bond acceptors (Lipinski definition) is 4. The summed E-state index contributed by atoms with van der Waals surface area (Å²) in [6.07, 6.45) is 0.629. The highest BCUT2D eigenvalue weighted by atomic mass is 16.4. The van der Waals surface area contributed by atoms with Crippen molar-refractivity contribution >= 4 is 12.0 Å². The van der Waals surface area contributed by atoms with Gasteiger partial charge in [-0.2, -0.15) is 0 Å². The Bertz CT molecular complexity index is 319. The third kappa shape index (κ3) is 8.52. The van der Waals surface area contributed by atoms with Crippen LogP contribution in [0.2, 0.25) is 0 Å². The van der Waals surface area contributed by atoms with Crippen molar-refractivity contribution in [2.45, 2.75) is 58.7 Å². The van der Waals surface area contributed by atoms with Crippen molar-refractivity contribution in [3.05, 3.63) is 0 Å². The fourth-order valence-corrected chi connectivity index (χ4v) is 2.03. The van der Waals surface area contributed by atoms with Crippen molar-refractivity contribution in [2.24, 2.45) is 0 Å². The molecule has 7 nitrogen and oxygen atoms in total.